The molecule has 0 spiro atoms. The van der Waals surface area contributed by atoms with Gasteiger partial charge in [-0.1, -0.05) is 54.2 Å². The molecule has 0 saturated heterocycles. The third kappa shape index (κ3) is 4.85. The summed E-state index contributed by atoms with van der Waals surface area (Å²) in [7, 11) is -0.968. The van der Waals surface area contributed by atoms with Crippen LogP contribution in [-0.2, 0) is 14.8 Å². The van der Waals surface area contributed by atoms with Gasteiger partial charge in [0.2, 0.25) is 5.91 Å². The van der Waals surface area contributed by atoms with Crippen LogP contribution in [0.25, 0.3) is 21.8 Å². The summed E-state index contributed by atoms with van der Waals surface area (Å²) >= 11 is 1.04. The number of methoxy groups -OCH3 is 2. The van der Waals surface area contributed by atoms with E-state index in [2.05, 4.69) is 10.3 Å². The summed E-state index contributed by atoms with van der Waals surface area (Å²) in [5.41, 5.74) is 1.40. The highest BCUT2D eigenvalue weighted by atomic mass is 32.2. The van der Waals surface area contributed by atoms with Crippen LogP contribution in [0, 0.1) is 0 Å². The molecule has 1 N–H and O–H groups in total. The topological polar surface area (TPSA) is 99.5 Å². The second kappa shape index (κ2) is 10.2. The predicted molar refractivity (Wildman–Crippen MR) is 145 cm³/mol. The summed E-state index contributed by atoms with van der Waals surface area (Å²) in [4.78, 5) is 17.5. The van der Waals surface area contributed by atoms with E-state index < -0.39 is 10.0 Å². The monoisotopic (exact) mass is 533 g/mol. The lowest BCUT2D eigenvalue weighted by atomic mass is 10.1. The molecule has 5 rings (SSSR count). The van der Waals surface area contributed by atoms with E-state index in [-0.39, 0.29) is 21.7 Å². The van der Waals surface area contributed by atoms with Crippen molar-refractivity contribution >= 4 is 55.2 Å². The van der Waals surface area contributed by atoms with Crippen molar-refractivity contribution < 1.29 is 22.7 Å². The summed E-state index contributed by atoms with van der Waals surface area (Å²) in [6.45, 7) is 0. The summed E-state index contributed by atoms with van der Waals surface area (Å²) in [6, 6.07) is 24.6. The summed E-state index contributed by atoms with van der Waals surface area (Å²) in [6.07, 6.45) is 0. The van der Waals surface area contributed by atoms with Crippen LogP contribution < -0.4 is 14.8 Å². The zero-order chi connectivity index (χ0) is 26.0. The fourth-order valence-corrected chi connectivity index (χ4v) is 6.52. The van der Waals surface area contributed by atoms with Gasteiger partial charge in [-0.25, -0.2) is 17.4 Å². The standard InChI is InChI=1S/C27H23N3O5S2/c1-34-20-12-14-25(35-2)23(16-20)28-26(31)17-36-27-29-22-9-5-6-10-24(22)30(27)37(32,33)21-13-11-18-7-3-4-8-19(18)15-21/h3-16H,17H2,1-2H3,(H,28,31). The molecule has 0 aliphatic carbocycles. The van der Waals surface area contributed by atoms with Gasteiger partial charge in [-0.05, 0) is 47.2 Å². The molecule has 0 aliphatic rings. The number of amides is 1. The number of carbonyl (C=O) groups excluding carboxylic acids is 1. The number of hydrogen-bond acceptors (Lipinski definition) is 7. The van der Waals surface area contributed by atoms with Crippen LogP contribution in [0.3, 0.4) is 0 Å². The van der Waals surface area contributed by atoms with E-state index in [9.17, 15) is 13.2 Å². The first kappa shape index (κ1) is 24.7. The molecule has 188 valence electrons. The average molecular weight is 534 g/mol. The first-order valence-electron chi connectivity index (χ1n) is 11.3. The predicted octanol–water partition coefficient (Wildman–Crippen LogP) is 5.17. The molecule has 10 heteroatoms. The summed E-state index contributed by atoms with van der Waals surface area (Å²) in [5, 5.41) is 4.75. The smallest absolute Gasteiger partial charge is 0.270 e. The van der Waals surface area contributed by atoms with Crippen LogP contribution in [0.5, 0.6) is 11.5 Å². The fraction of sp³-hybridized carbons (Fsp3) is 0.111. The van der Waals surface area contributed by atoms with E-state index in [1.807, 2.05) is 24.3 Å². The van der Waals surface area contributed by atoms with Crippen LogP contribution in [-0.4, -0.2) is 43.3 Å². The number of fused-ring (bicyclic) bond motifs is 2. The summed E-state index contributed by atoms with van der Waals surface area (Å²) in [5.74, 6) is 0.618. The first-order valence-corrected chi connectivity index (χ1v) is 13.7. The van der Waals surface area contributed by atoms with E-state index in [4.69, 9.17) is 9.47 Å². The number of imidazole rings is 1. The number of thioether (sulfide) groups is 1. The Morgan fingerprint density at radius 1 is 0.919 bits per heavy atom. The van der Waals surface area contributed by atoms with Crippen LogP contribution in [0.1, 0.15) is 0 Å². The molecule has 0 aliphatic heterocycles. The Balaban J connectivity index is 1.47. The number of para-hydroxylation sites is 2. The molecule has 0 radical (unpaired) electrons. The maximum Gasteiger partial charge on any atom is 0.270 e. The summed E-state index contributed by atoms with van der Waals surface area (Å²) < 4.78 is 39.4. The number of aromatic nitrogens is 2. The average Bonchev–Trinajstić information content (AvgIpc) is 3.31. The second-order valence-corrected chi connectivity index (χ2v) is 10.8. The number of nitrogens with one attached hydrogen (secondary N) is 1. The van der Waals surface area contributed by atoms with Gasteiger partial charge >= 0.3 is 0 Å². The lowest BCUT2D eigenvalue weighted by Crippen LogP contribution is -2.17. The Kier molecular flexibility index (Phi) is 6.77. The number of benzene rings is 4. The highest BCUT2D eigenvalue weighted by Gasteiger charge is 2.25. The Labute approximate surface area is 218 Å². The maximum atomic E-state index is 13.8. The molecule has 0 bridgehead atoms. The van der Waals surface area contributed by atoms with E-state index in [0.29, 0.717) is 28.2 Å². The van der Waals surface area contributed by atoms with Crippen molar-refractivity contribution in [1.82, 2.24) is 8.96 Å². The van der Waals surface area contributed by atoms with Gasteiger partial charge in [-0.15, -0.1) is 0 Å². The SMILES string of the molecule is COc1ccc(OC)c(NC(=O)CSc2nc3ccccc3n2S(=O)(=O)c2ccc3ccccc3c2)c1. The molecule has 1 amide bonds. The molecule has 0 unspecified atom stereocenters. The molecule has 0 saturated carbocycles. The Morgan fingerprint density at radius 3 is 2.46 bits per heavy atom. The minimum atomic E-state index is -4.01. The molecule has 5 aromatic rings. The van der Waals surface area contributed by atoms with E-state index in [1.165, 1.54) is 18.2 Å². The van der Waals surface area contributed by atoms with Crippen molar-refractivity contribution in [3.05, 3.63) is 84.9 Å². The van der Waals surface area contributed by atoms with Crippen molar-refractivity contribution in [3.8, 4) is 11.5 Å². The van der Waals surface area contributed by atoms with Crippen LogP contribution in [0.15, 0.2) is 95.0 Å². The number of hydrogen-bond donors (Lipinski definition) is 1. The zero-order valence-corrected chi connectivity index (χ0v) is 21.7. The third-order valence-corrected chi connectivity index (χ3v) is 8.52. The van der Waals surface area contributed by atoms with Gasteiger partial charge in [0.25, 0.3) is 10.0 Å². The quantitative estimate of drug-likeness (QED) is 0.275. The molecule has 8 nitrogen and oxygen atoms in total. The van der Waals surface area contributed by atoms with Gasteiger partial charge in [0.05, 0.1) is 41.6 Å². The highest BCUT2D eigenvalue weighted by molar-refractivity contribution is 8.00. The molecule has 1 aromatic heterocycles. The Bertz CT molecular complexity index is 1730. The van der Waals surface area contributed by atoms with E-state index in [1.54, 1.807) is 60.7 Å². The molecular weight excluding hydrogens is 510 g/mol. The van der Waals surface area contributed by atoms with Crippen molar-refractivity contribution in [2.75, 3.05) is 25.3 Å². The first-order chi connectivity index (χ1) is 17.9. The number of ether oxygens (including phenoxy) is 2. The normalized spacial score (nSPS) is 11.5. The third-order valence-electron chi connectivity index (χ3n) is 5.76. The minimum absolute atomic E-state index is 0.0725. The van der Waals surface area contributed by atoms with Crippen LogP contribution in [0.2, 0.25) is 0 Å². The van der Waals surface area contributed by atoms with E-state index >= 15 is 0 Å². The Hall–Kier alpha value is -4.02. The number of anilines is 1. The van der Waals surface area contributed by atoms with Gasteiger partial charge in [-0.2, -0.15) is 0 Å². The molecule has 4 aromatic carbocycles. The highest BCUT2D eigenvalue weighted by Crippen LogP contribution is 2.32. The van der Waals surface area contributed by atoms with Crippen LogP contribution >= 0.6 is 11.8 Å². The Morgan fingerprint density at radius 2 is 1.68 bits per heavy atom. The second-order valence-electron chi connectivity index (χ2n) is 8.06. The zero-order valence-electron chi connectivity index (χ0n) is 20.0. The van der Waals surface area contributed by atoms with Gasteiger partial charge in [0, 0.05) is 6.07 Å². The molecule has 0 fully saturated rings. The van der Waals surface area contributed by atoms with Crippen molar-refractivity contribution in [2.24, 2.45) is 0 Å². The van der Waals surface area contributed by atoms with Crippen molar-refractivity contribution in [1.29, 1.82) is 0 Å². The van der Waals surface area contributed by atoms with Crippen molar-refractivity contribution in [3.63, 3.8) is 0 Å². The lowest BCUT2D eigenvalue weighted by molar-refractivity contribution is -0.113. The minimum Gasteiger partial charge on any atom is -0.497 e. The molecular formula is C27H23N3O5S2. The van der Waals surface area contributed by atoms with E-state index in [0.717, 1.165) is 22.5 Å². The number of rotatable bonds is 8. The van der Waals surface area contributed by atoms with Crippen molar-refractivity contribution in [2.45, 2.75) is 10.1 Å². The van der Waals surface area contributed by atoms with Gasteiger partial charge < -0.3 is 14.8 Å². The maximum absolute atomic E-state index is 13.8. The lowest BCUT2D eigenvalue weighted by Gasteiger charge is -2.13. The number of carbonyl (C=O) groups is 1. The molecule has 0 atom stereocenters. The molecule has 1 heterocycles. The molecule has 37 heavy (non-hydrogen) atoms. The van der Waals surface area contributed by atoms with Crippen LogP contribution in [0.4, 0.5) is 5.69 Å². The van der Waals surface area contributed by atoms with Gasteiger partial charge in [-0.3, -0.25) is 4.79 Å². The van der Waals surface area contributed by atoms with Gasteiger partial charge in [0.15, 0.2) is 5.16 Å². The fourth-order valence-electron chi connectivity index (χ4n) is 3.97. The number of nitrogens with zero attached hydrogens (tertiary/aromatic N) is 2. The largest absolute Gasteiger partial charge is 0.497 e. The van der Waals surface area contributed by atoms with Gasteiger partial charge in [0.1, 0.15) is 11.5 Å².